The van der Waals surface area contributed by atoms with Crippen LogP contribution in [0, 0.1) is 6.92 Å². The Morgan fingerprint density at radius 3 is 2.57 bits per heavy atom. The van der Waals surface area contributed by atoms with E-state index >= 15 is 0 Å². The lowest BCUT2D eigenvalue weighted by Gasteiger charge is -2.35. The van der Waals surface area contributed by atoms with Crippen LogP contribution in [0.3, 0.4) is 0 Å². The van der Waals surface area contributed by atoms with Gasteiger partial charge in [0, 0.05) is 18.1 Å². The molecule has 6 nitrogen and oxygen atoms in total. The largest absolute Gasteiger partial charge is 0.497 e. The van der Waals surface area contributed by atoms with Crippen molar-refractivity contribution in [1.82, 2.24) is 5.32 Å². The Kier molecular flexibility index (Phi) is 5.75. The van der Waals surface area contributed by atoms with Crippen LogP contribution < -0.4 is 14.8 Å². The maximum Gasteiger partial charge on any atom is 0.335 e. The summed E-state index contributed by atoms with van der Waals surface area (Å²) in [6.45, 7) is 4.10. The zero-order chi connectivity index (χ0) is 24.7. The molecule has 1 amide bonds. The minimum Gasteiger partial charge on any atom is -0.497 e. The van der Waals surface area contributed by atoms with Gasteiger partial charge in [-0.2, -0.15) is 0 Å². The van der Waals surface area contributed by atoms with E-state index in [1.165, 1.54) is 11.1 Å². The number of carbonyl (C=O) groups excluding carboxylic acids is 1. The number of aromatic carboxylic acids is 1. The predicted octanol–water partition coefficient (Wildman–Crippen LogP) is 5.29. The van der Waals surface area contributed by atoms with Crippen LogP contribution in [-0.2, 0) is 16.6 Å². The number of aryl methyl sites for hydroxylation is 2. The van der Waals surface area contributed by atoms with Crippen molar-refractivity contribution in [3.63, 3.8) is 0 Å². The molecule has 5 rings (SSSR count). The fraction of sp³-hybridized carbons (Fsp3) is 0.310. The van der Waals surface area contributed by atoms with Gasteiger partial charge < -0.3 is 19.9 Å². The average Bonchev–Trinajstić information content (AvgIpc) is 3.20. The Balaban J connectivity index is 1.46. The van der Waals surface area contributed by atoms with Gasteiger partial charge in [-0.05, 0) is 67.6 Å². The molecule has 0 radical (unpaired) electrons. The molecule has 35 heavy (non-hydrogen) atoms. The van der Waals surface area contributed by atoms with Gasteiger partial charge >= 0.3 is 5.97 Å². The van der Waals surface area contributed by atoms with Crippen LogP contribution in [0.5, 0.6) is 11.5 Å². The van der Waals surface area contributed by atoms with Crippen molar-refractivity contribution in [3.8, 4) is 11.5 Å². The highest BCUT2D eigenvalue weighted by molar-refractivity contribution is 5.89. The number of methoxy groups -OCH3 is 1. The summed E-state index contributed by atoms with van der Waals surface area (Å²) in [5.74, 6) is 0.360. The number of carboxylic acids is 1. The highest BCUT2D eigenvalue weighted by atomic mass is 16.5. The SMILES string of the molecule is COc1ccc2c(c1)O[C@@H](c1ccc(C(=O)O)cc1)C[C@H]2NC(=O)C1(C)CCc2cc(C)ccc21. The van der Waals surface area contributed by atoms with Crippen LogP contribution >= 0.6 is 0 Å². The quantitative estimate of drug-likeness (QED) is 0.528. The maximum absolute atomic E-state index is 13.7. The molecule has 0 saturated carbocycles. The van der Waals surface area contributed by atoms with E-state index in [-0.39, 0.29) is 23.6 Å². The standard InChI is InChI=1S/C29H29NO5/c1-17-4-11-23-20(14-17)12-13-29(23,2)28(33)30-24-16-25(18-5-7-19(8-6-18)27(31)32)35-26-15-21(34-3)9-10-22(24)26/h4-11,14-15,24-25H,12-13,16H2,1-3H3,(H,30,33)(H,31,32)/t24-,25-,29?/m1/s1. The number of rotatable bonds is 5. The molecule has 0 fully saturated rings. The molecule has 6 heteroatoms. The second-order valence-electron chi connectivity index (χ2n) is 9.69. The first-order valence-electron chi connectivity index (χ1n) is 11.9. The summed E-state index contributed by atoms with van der Waals surface area (Å²) < 4.78 is 11.7. The Labute approximate surface area is 204 Å². The van der Waals surface area contributed by atoms with Crippen molar-refractivity contribution >= 4 is 11.9 Å². The molecular formula is C29H29NO5. The summed E-state index contributed by atoms with van der Waals surface area (Å²) in [7, 11) is 1.60. The molecule has 3 aromatic carbocycles. The number of carbonyl (C=O) groups is 2. The van der Waals surface area contributed by atoms with E-state index in [9.17, 15) is 14.7 Å². The fourth-order valence-electron chi connectivity index (χ4n) is 5.30. The van der Waals surface area contributed by atoms with Crippen molar-refractivity contribution in [2.45, 2.75) is 50.7 Å². The minimum atomic E-state index is -0.971. The summed E-state index contributed by atoms with van der Waals surface area (Å²) in [5.41, 5.74) is 4.95. The van der Waals surface area contributed by atoms with Gasteiger partial charge in [-0.15, -0.1) is 0 Å². The molecule has 0 aromatic heterocycles. The molecule has 1 aliphatic heterocycles. The second kappa shape index (κ2) is 8.77. The van der Waals surface area contributed by atoms with E-state index in [0.717, 1.165) is 29.5 Å². The first kappa shape index (κ1) is 23.0. The molecule has 3 atom stereocenters. The number of nitrogens with one attached hydrogen (secondary N) is 1. The Bertz CT molecular complexity index is 1300. The number of hydrogen-bond donors (Lipinski definition) is 2. The van der Waals surface area contributed by atoms with Crippen molar-refractivity contribution in [1.29, 1.82) is 0 Å². The first-order valence-corrected chi connectivity index (χ1v) is 11.9. The van der Waals surface area contributed by atoms with Gasteiger partial charge in [0.15, 0.2) is 0 Å². The summed E-state index contributed by atoms with van der Waals surface area (Å²) in [6.07, 6.45) is 1.86. The average molecular weight is 472 g/mol. The van der Waals surface area contributed by atoms with E-state index in [1.54, 1.807) is 31.4 Å². The Morgan fingerprint density at radius 1 is 1.09 bits per heavy atom. The Hall–Kier alpha value is -3.80. The molecule has 2 N–H and O–H groups in total. The van der Waals surface area contributed by atoms with Crippen LogP contribution in [0.15, 0.2) is 60.7 Å². The lowest BCUT2D eigenvalue weighted by molar-refractivity contribution is -0.127. The Morgan fingerprint density at radius 2 is 1.86 bits per heavy atom. The van der Waals surface area contributed by atoms with Crippen LogP contribution in [-0.4, -0.2) is 24.1 Å². The van der Waals surface area contributed by atoms with Crippen LogP contribution in [0.2, 0.25) is 0 Å². The zero-order valence-electron chi connectivity index (χ0n) is 20.1. The van der Waals surface area contributed by atoms with Crippen molar-refractivity contribution in [2.24, 2.45) is 0 Å². The smallest absolute Gasteiger partial charge is 0.335 e. The third kappa shape index (κ3) is 4.14. The third-order valence-electron chi connectivity index (χ3n) is 7.40. The summed E-state index contributed by atoms with van der Waals surface area (Å²) in [4.78, 5) is 25.0. The topological polar surface area (TPSA) is 84.9 Å². The van der Waals surface area contributed by atoms with Crippen molar-refractivity contribution in [2.75, 3.05) is 7.11 Å². The molecule has 1 unspecified atom stereocenters. The van der Waals surface area contributed by atoms with Gasteiger partial charge in [-0.3, -0.25) is 4.79 Å². The number of ether oxygens (including phenoxy) is 2. The fourth-order valence-corrected chi connectivity index (χ4v) is 5.30. The van der Waals surface area contributed by atoms with Gasteiger partial charge in [-0.25, -0.2) is 4.79 Å². The maximum atomic E-state index is 13.7. The normalized spacial score (nSPS) is 22.5. The van der Waals surface area contributed by atoms with Crippen LogP contribution in [0.4, 0.5) is 0 Å². The van der Waals surface area contributed by atoms with Gasteiger partial charge in [0.25, 0.3) is 0 Å². The summed E-state index contributed by atoms with van der Waals surface area (Å²) >= 11 is 0. The highest BCUT2D eigenvalue weighted by Crippen LogP contribution is 2.44. The molecule has 0 saturated heterocycles. The molecule has 0 bridgehead atoms. The molecule has 1 aliphatic carbocycles. The molecule has 1 heterocycles. The number of carboxylic acid groups (broad SMARTS) is 1. The molecular weight excluding hydrogens is 442 g/mol. The van der Waals surface area contributed by atoms with E-state index in [1.807, 2.05) is 25.1 Å². The van der Waals surface area contributed by atoms with E-state index < -0.39 is 11.4 Å². The van der Waals surface area contributed by atoms with Gasteiger partial charge in [0.05, 0.1) is 24.1 Å². The lowest BCUT2D eigenvalue weighted by Crippen LogP contribution is -2.44. The summed E-state index contributed by atoms with van der Waals surface area (Å²) in [6, 6.07) is 18.4. The minimum absolute atomic E-state index is 0.00810. The first-order chi connectivity index (χ1) is 16.8. The lowest BCUT2D eigenvalue weighted by atomic mass is 9.82. The van der Waals surface area contributed by atoms with Crippen LogP contribution in [0.25, 0.3) is 0 Å². The van der Waals surface area contributed by atoms with Crippen molar-refractivity contribution < 1.29 is 24.2 Å². The van der Waals surface area contributed by atoms with E-state index in [4.69, 9.17) is 9.47 Å². The molecule has 0 spiro atoms. The number of fused-ring (bicyclic) bond motifs is 2. The number of hydrogen-bond acceptors (Lipinski definition) is 4. The highest BCUT2D eigenvalue weighted by Gasteiger charge is 2.42. The van der Waals surface area contributed by atoms with Crippen LogP contribution in [0.1, 0.15) is 70.1 Å². The molecule has 2 aliphatic rings. The third-order valence-corrected chi connectivity index (χ3v) is 7.40. The summed E-state index contributed by atoms with van der Waals surface area (Å²) in [5, 5.41) is 12.6. The molecule has 180 valence electrons. The zero-order valence-corrected chi connectivity index (χ0v) is 20.1. The van der Waals surface area contributed by atoms with Gasteiger partial charge in [0.2, 0.25) is 5.91 Å². The number of benzene rings is 3. The van der Waals surface area contributed by atoms with Gasteiger partial charge in [-0.1, -0.05) is 35.9 Å². The van der Waals surface area contributed by atoms with Gasteiger partial charge in [0.1, 0.15) is 17.6 Å². The second-order valence-corrected chi connectivity index (χ2v) is 9.69. The van der Waals surface area contributed by atoms with E-state index in [0.29, 0.717) is 17.9 Å². The predicted molar refractivity (Wildman–Crippen MR) is 132 cm³/mol. The monoisotopic (exact) mass is 471 g/mol. The molecule has 3 aromatic rings. The van der Waals surface area contributed by atoms with E-state index in [2.05, 4.69) is 30.4 Å². The number of amides is 1. The van der Waals surface area contributed by atoms with Crippen molar-refractivity contribution in [3.05, 3.63) is 94.0 Å².